The molecule has 0 fully saturated rings. The van der Waals surface area contributed by atoms with Crippen LogP contribution < -0.4 is 10.2 Å². The molecule has 0 bridgehead atoms. The van der Waals surface area contributed by atoms with Crippen LogP contribution in [0.25, 0.3) is 22.0 Å². The quantitative estimate of drug-likeness (QED) is 0.0933. The third-order valence-electron chi connectivity index (χ3n) is 5.97. The lowest BCUT2D eigenvalue weighted by Crippen LogP contribution is -2.19. The average Bonchev–Trinajstić information content (AvgIpc) is 3.32. The number of amides is 1. The van der Waals surface area contributed by atoms with Crippen molar-refractivity contribution in [3.63, 3.8) is 0 Å². The second kappa shape index (κ2) is 11.0. The van der Waals surface area contributed by atoms with Crippen molar-refractivity contribution in [1.29, 1.82) is 0 Å². The van der Waals surface area contributed by atoms with E-state index in [0.29, 0.717) is 16.3 Å². The van der Waals surface area contributed by atoms with Crippen LogP contribution in [0, 0.1) is 6.92 Å². The molecule has 4 aromatic carbocycles. The molecule has 0 unspecified atom stereocenters. The number of carbonyl (C=O) groups excluding carboxylic acids is 2. The van der Waals surface area contributed by atoms with Gasteiger partial charge in [-0.3, -0.25) is 4.79 Å². The van der Waals surface area contributed by atoms with E-state index >= 15 is 0 Å². The third kappa shape index (κ3) is 5.25. The topological polar surface area (TPSA) is 83.5 Å². The van der Waals surface area contributed by atoms with E-state index in [0.717, 1.165) is 32.1 Å². The maximum absolute atomic E-state index is 13.3. The fraction of sp³-hybridized carbons (Fsp3) is 0.0333. The Morgan fingerprint density at radius 3 is 2.53 bits per heavy atom. The zero-order valence-electron chi connectivity index (χ0n) is 20.2. The number of ether oxygens (including phenoxy) is 1. The van der Waals surface area contributed by atoms with Gasteiger partial charge in [0.05, 0.1) is 16.8 Å². The largest absolute Gasteiger partial charge is 0.422 e. The number of hydrogen-bond acceptors (Lipinski definition) is 4. The first-order valence-corrected chi connectivity index (χ1v) is 12.9. The van der Waals surface area contributed by atoms with E-state index in [1.54, 1.807) is 42.5 Å². The molecule has 1 aromatic heterocycles. The van der Waals surface area contributed by atoms with E-state index in [9.17, 15) is 9.59 Å². The predicted molar refractivity (Wildman–Crippen MR) is 154 cm³/mol. The molecule has 8 heteroatoms. The summed E-state index contributed by atoms with van der Waals surface area (Å²) >= 11 is 9.56. The molecule has 1 heterocycles. The summed E-state index contributed by atoms with van der Waals surface area (Å²) in [6, 6.07) is 27.4. The second-order valence-corrected chi connectivity index (χ2v) is 9.81. The van der Waals surface area contributed by atoms with Gasteiger partial charge in [-0.1, -0.05) is 88.2 Å². The summed E-state index contributed by atoms with van der Waals surface area (Å²) in [5.74, 6) is -0.736. The molecule has 188 valence electrons. The first kappa shape index (κ1) is 25.4. The molecule has 0 radical (unpaired) electrons. The average molecular weight is 587 g/mol. The summed E-state index contributed by atoms with van der Waals surface area (Å²) in [6.45, 7) is 1.99. The molecule has 0 spiro atoms. The molecule has 1 amide bonds. The zero-order chi connectivity index (χ0) is 26.6. The first-order chi connectivity index (χ1) is 18.4. The normalized spacial score (nSPS) is 11.1. The molecule has 0 atom stereocenters. The fourth-order valence-electron chi connectivity index (χ4n) is 4.15. The number of aryl methyl sites for hydroxylation is 1. The van der Waals surface area contributed by atoms with Crippen LogP contribution in [0.15, 0.2) is 101 Å². The third-order valence-corrected chi connectivity index (χ3v) is 6.79. The summed E-state index contributed by atoms with van der Waals surface area (Å²) in [6.07, 6.45) is 1.42. The van der Waals surface area contributed by atoms with E-state index < -0.39 is 11.9 Å². The Kier molecular flexibility index (Phi) is 7.40. The summed E-state index contributed by atoms with van der Waals surface area (Å²) < 4.78 is 6.34. The number of nitrogens with one attached hydrogen (secondary N) is 2. The van der Waals surface area contributed by atoms with Gasteiger partial charge in [0.15, 0.2) is 0 Å². The minimum Gasteiger partial charge on any atom is -0.422 e. The molecule has 5 aromatic rings. The van der Waals surface area contributed by atoms with E-state index in [-0.39, 0.29) is 11.3 Å². The summed E-state index contributed by atoms with van der Waals surface area (Å²) in [5, 5.41) is 5.40. The molecule has 38 heavy (non-hydrogen) atoms. The van der Waals surface area contributed by atoms with Gasteiger partial charge in [-0.2, -0.15) is 5.10 Å². The van der Waals surface area contributed by atoms with Gasteiger partial charge in [0, 0.05) is 26.5 Å². The van der Waals surface area contributed by atoms with Crippen LogP contribution in [0.3, 0.4) is 0 Å². The molecular weight excluding hydrogens is 566 g/mol. The van der Waals surface area contributed by atoms with Crippen LogP contribution in [-0.4, -0.2) is 23.1 Å². The van der Waals surface area contributed by atoms with Crippen LogP contribution in [0.2, 0.25) is 5.02 Å². The monoisotopic (exact) mass is 585 g/mol. The minimum absolute atomic E-state index is 0.246. The molecule has 0 aliphatic rings. The van der Waals surface area contributed by atoms with Crippen LogP contribution >= 0.6 is 27.5 Å². The van der Waals surface area contributed by atoms with Gasteiger partial charge in [-0.15, -0.1) is 0 Å². The van der Waals surface area contributed by atoms with Crippen LogP contribution in [0.1, 0.15) is 32.0 Å². The van der Waals surface area contributed by atoms with Gasteiger partial charge < -0.3 is 9.72 Å². The fourth-order valence-corrected chi connectivity index (χ4v) is 4.74. The van der Waals surface area contributed by atoms with E-state index in [4.69, 9.17) is 16.3 Å². The Balaban J connectivity index is 1.42. The highest BCUT2D eigenvalue weighted by Crippen LogP contribution is 2.34. The Hall–Kier alpha value is -4.20. The lowest BCUT2D eigenvalue weighted by Gasteiger charge is -2.09. The Morgan fingerprint density at radius 2 is 1.74 bits per heavy atom. The highest BCUT2D eigenvalue weighted by atomic mass is 79.9. The standard InChI is InChI=1S/C30H21BrClN3O3/c1-18-8-7-12-23-26(19-9-3-2-4-10-19)28(34-27(18)23)29(36)35-33-17-20-16-21(31)14-15-25(20)38-30(37)22-11-5-6-13-24(22)32/h2-17,34H,1H3,(H,35,36). The molecule has 2 N–H and O–H groups in total. The lowest BCUT2D eigenvalue weighted by atomic mass is 10.0. The van der Waals surface area contributed by atoms with Crippen molar-refractivity contribution >= 4 is 56.5 Å². The minimum atomic E-state index is -0.599. The van der Waals surface area contributed by atoms with Gasteiger partial charge in [0.25, 0.3) is 5.91 Å². The SMILES string of the molecule is Cc1cccc2c(-c3ccccc3)c(C(=O)NN=Cc3cc(Br)ccc3OC(=O)c3ccccc3Cl)[nH]c12. The van der Waals surface area contributed by atoms with E-state index in [1.807, 2.05) is 55.5 Å². The molecule has 0 saturated carbocycles. The van der Waals surface area contributed by atoms with Gasteiger partial charge in [-0.25, -0.2) is 10.2 Å². The van der Waals surface area contributed by atoms with Crippen LogP contribution in [0.4, 0.5) is 0 Å². The van der Waals surface area contributed by atoms with E-state index in [2.05, 4.69) is 31.4 Å². The number of halogens is 2. The maximum atomic E-state index is 13.3. The van der Waals surface area contributed by atoms with Crippen molar-refractivity contribution in [1.82, 2.24) is 10.4 Å². The molecule has 0 aliphatic heterocycles. The molecule has 0 saturated heterocycles. The molecule has 5 rings (SSSR count). The summed E-state index contributed by atoms with van der Waals surface area (Å²) in [5.41, 5.74) is 7.36. The Morgan fingerprint density at radius 1 is 0.974 bits per heavy atom. The van der Waals surface area contributed by atoms with Crippen molar-refractivity contribution in [2.45, 2.75) is 6.92 Å². The van der Waals surface area contributed by atoms with Crippen LogP contribution in [-0.2, 0) is 0 Å². The van der Waals surface area contributed by atoms with Crippen molar-refractivity contribution in [3.8, 4) is 16.9 Å². The number of nitrogens with zero attached hydrogens (tertiary/aromatic N) is 1. The molecule has 6 nitrogen and oxygen atoms in total. The summed E-state index contributed by atoms with van der Waals surface area (Å²) in [7, 11) is 0. The number of esters is 1. The lowest BCUT2D eigenvalue weighted by molar-refractivity contribution is 0.0734. The number of H-pyrrole nitrogens is 1. The van der Waals surface area contributed by atoms with Crippen molar-refractivity contribution in [3.05, 3.63) is 123 Å². The first-order valence-electron chi connectivity index (χ1n) is 11.7. The number of benzene rings is 4. The Bertz CT molecular complexity index is 1700. The highest BCUT2D eigenvalue weighted by Gasteiger charge is 2.20. The van der Waals surface area contributed by atoms with Gasteiger partial charge in [0.1, 0.15) is 11.4 Å². The number of carbonyl (C=O) groups is 2. The number of rotatable bonds is 6. The maximum Gasteiger partial charge on any atom is 0.345 e. The van der Waals surface area contributed by atoms with Crippen molar-refractivity contribution in [2.24, 2.45) is 5.10 Å². The highest BCUT2D eigenvalue weighted by molar-refractivity contribution is 9.10. The van der Waals surface area contributed by atoms with Gasteiger partial charge >= 0.3 is 5.97 Å². The van der Waals surface area contributed by atoms with Crippen molar-refractivity contribution < 1.29 is 14.3 Å². The molecule has 0 aliphatic carbocycles. The number of hydrazone groups is 1. The smallest absolute Gasteiger partial charge is 0.345 e. The Labute approximate surface area is 232 Å². The van der Waals surface area contributed by atoms with Gasteiger partial charge in [0.2, 0.25) is 0 Å². The number of aromatic amines is 1. The number of hydrogen-bond donors (Lipinski definition) is 2. The second-order valence-electron chi connectivity index (χ2n) is 8.49. The number of fused-ring (bicyclic) bond motifs is 1. The zero-order valence-corrected chi connectivity index (χ0v) is 22.5. The number of para-hydroxylation sites is 1. The summed E-state index contributed by atoms with van der Waals surface area (Å²) in [4.78, 5) is 29.3. The van der Waals surface area contributed by atoms with Crippen LogP contribution in [0.5, 0.6) is 5.75 Å². The van der Waals surface area contributed by atoms with E-state index in [1.165, 1.54) is 6.21 Å². The predicted octanol–water partition coefficient (Wildman–Crippen LogP) is 7.54. The molecular formula is C30H21BrClN3O3. The van der Waals surface area contributed by atoms with Crippen molar-refractivity contribution in [2.75, 3.05) is 0 Å². The number of aromatic nitrogens is 1. The van der Waals surface area contributed by atoms with Gasteiger partial charge in [-0.05, 0) is 48.4 Å².